The molecule has 10 heavy (non-hydrogen) atoms. The summed E-state index contributed by atoms with van der Waals surface area (Å²) in [6, 6.07) is 0. The molecule has 0 saturated heterocycles. The fraction of sp³-hybridized carbons (Fsp3) is 0.750. The molecule has 1 aliphatic rings. The van der Waals surface area contributed by atoms with Gasteiger partial charge in [-0.25, -0.2) is 0 Å². The maximum atomic E-state index is 3.87. The molecule has 3 unspecified atom stereocenters. The number of allylic oxidation sites excluding steroid dienone is 1. The van der Waals surface area contributed by atoms with E-state index in [-0.39, 0.29) is 0 Å². The van der Waals surface area contributed by atoms with Gasteiger partial charge in [-0.2, -0.15) is 0 Å². The molecule has 0 nitrogen and oxygen atoms in total. The van der Waals surface area contributed by atoms with Crippen LogP contribution in [-0.2, 0) is 0 Å². The number of hydrogen-bond donors (Lipinski definition) is 0. The van der Waals surface area contributed by atoms with Crippen LogP contribution >= 0.6 is 0 Å². The summed E-state index contributed by atoms with van der Waals surface area (Å²) < 4.78 is 1.81. The molecule has 0 N–H and O–H groups in total. The van der Waals surface area contributed by atoms with Gasteiger partial charge in [0, 0.05) is 0 Å². The van der Waals surface area contributed by atoms with Gasteiger partial charge in [-0.1, -0.05) is 0 Å². The van der Waals surface area contributed by atoms with E-state index < -0.39 is 0 Å². The monoisotopic (exact) mass is 122 g/mol. The van der Waals surface area contributed by atoms with Crippen LogP contribution in [-0.4, -0.2) is 35.4 Å². The zero-order chi connectivity index (χ0) is 7.56. The van der Waals surface area contributed by atoms with Crippen LogP contribution in [0.5, 0.6) is 0 Å². The summed E-state index contributed by atoms with van der Waals surface area (Å²) in [4.78, 5) is 0. The molecule has 3 atom stereocenters. The van der Waals surface area contributed by atoms with Crippen molar-refractivity contribution in [3.8, 4) is 0 Å². The van der Waals surface area contributed by atoms with E-state index in [1.807, 2.05) is 0 Å². The number of hydrogen-bond acceptors (Lipinski definition) is 0. The Kier molecular flexibility index (Phi) is 3.69. The third-order valence-electron chi connectivity index (χ3n) is 2.82. The molecule has 0 bridgehead atoms. The van der Waals surface area contributed by atoms with Crippen molar-refractivity contribution in [2.24, 2.45) is 5.92 Å². The van der Waals surface area contributed by atoms with Crippen molar-refractivity contribution in [1.82, 2.24) is 0 Å². The predicted molar refractivity (Wildman–Crippen MR) is 46.5 cm³/mol. The first kappa shape index (κ1) is 9.03. The van der Waals surface area contributed by atoms with Gasteiger partial charge in [0.25, 0.3) is 0 Å². The fourth-order valence-electron chi connectivity index (χ4n) is 1.90. The summed E-state index contributed by atoms with van der Waals surface area (Å²) in [5.41, 5.74) is 0. The molecule has 1 saturated carbocycles. The molecule has 0 aliphatic heterocycles. The van der Waals surface area contributed by atoms with Crippen molar-refractivity contribution < 1.29 is 0 Å². The fourth-order valence-corrected chi connectivity index (χ4v) is 1.90. The van der Waals surface area contributed by atoms with Gasteiger partial charge in [-0.3, -0.25) is 0 Å². The standard InChI is InChI=1S/C8H12.2Li/c1-2-8-6-4-3-5-7-8;;/h2,4,7-8H,1,3,5-6H2;;. The van der Waals surface area contributed by atoms with Crippen LogP contribution in [0.1, 0.15) is 19.3 Å². The normalized spacial score (nSPS) is 41.4. The predicted octanol–water partition coefficient (Wildman–Crippen LogP) is 1.89. The van der Waals surface area contributed by atoms with Crippen molar-refractivity contribution in [3.63, 3.8) is 0 Å². The van der Waals surface area contributed by atoms with E-state index in [0.29, 0.717) is 0 Å². The van der Waals surface area contributed by atoms with Gasteiger partial charge in [0.05, 0.1) is 0 Å². The second-order valence-electron chi connectivity index (χ2n) is 3.80. The van der Waals surface area contributed by atoms with Crippen LogP contribution in [0.15, 0.2) is 12.7 Å². The van der Waals surface area contributed by atoms with Crippen LogP contribution in [0.25, 0.3) is 0 Å². The molecule has 1 fully saturated rings. The van der Waals surface area contributed by atoms with Crippen molar-refractivity contribution in [3.05, 3.63) is 12.7 Å². The molecule has 0 amide bonds. The van der Waals surface area contributed by atoms with E-state index >= 15 is 0 Å². The Morgan fingerprint density at radius 1 is 1.30 bits per heavy atom. The maximum absolute atomic E-state index is 3.87. The van der Waals surface area contributed by atoms with E-state index in [9.17, 15) is 0 Å². The van der Waals surface area contributed by atoms with Gasteiger partial charge in [0.1, 0.15) is 0 Å². The Hall–Kier alpha value is 0.935. The van der Waals surface area contributed by atoms with Crippen molar-refractivity contribution in [1.29, 1.82) is 0 Å². The molecule has 0 aromatic rings. The minimum atomic E-state index is 0.795. The first-order chi connectivity index (χ1) is 4.74. The molecule has 1 aliphatic carbocycles. The second-order valence-corrected chi connectivity index (χ2v) is 3.80. The second kappa shape index (κ2) is 4.08. The summed E-state index contributed by atoms with van der Waals surface area (Å²) >= 11 is 4.70. The first-order valence-electron chi connectivity index (χ1n) is 4.36. The van der Waals surface area contributed by atoms with Gasteiger partial charge >= 0.3 is 82.4 Å². The third kappa shape index (κ3) is 2.22. The zero-order valence-corrected chi connectivity index (χ0v) is 7.14. The van der Waals surface area contributed by atoms with Crippen LogP contribution in [0.3, 0.4) is 0 Å². The Morgan fingerprint density at radius 2 is 2.00 bits per heavy atom. The van der Waals surface area contributed by atoms with E-state index in [1.165, 1.54) is 19.3 Å². The van der Waals surface area contributed by atoms with Gasteiger partial charge < -0.3 is 0 Å². The molecule has 0 radical (unpaired) electrons. The molecule has 0 spiro atoms. The molecule has 0 aromatic carbocycles. The van der Waals surface area contributed by atoms with Crippen molar-refractivity contribution in [2.45, 2.75) is 28.4 Å². The van der Waals surface area contributed by atoms with Gasteiger partial charge in [0.15, 0.2) is 0 Å². The van der Waals surface area contributed by atoms with Crippen molar-refractivity contribution >= 4 is 35.4 Å². The first-order valence-corrected chi connectivity index (χ1v) is 4.36. The third-order valence-corrected chi connectivity index (χ3v) is 2.82. The summed E-state index contributed by atoms with van der Waals surface area (Å²) in [5, 5.41) is 0. The molecule has 0 aromatic heterocycles. The van der Waals surface area contributed by atoms with Crippen LogP contribution in [0, 0.1) is 5.92 Å². The van der Waals surface area contributed by atoms with Gasteiger partial charge in [-0.15, -0.1) is 0 Å². The Morgan fingerprint density at radius 3 is 2.50 bits per heavy atom. The summed E-state index contributed by atoms with van der Waals surface area (Å²) in [5.74, 6) is 0.795. The Balaban J connectivity index is 2.45. The molecule has 46 valence electrons. The minimum absolute atomic E-state index is 0.795. The summed E-state index contributed by atoms with van der Waals surface area (Å²) in [6.45, 7) is 3.87. The zero-order valence-electron chi connectivity index (χ0n) is 7.14. The van der Waals surface area contributed by atoms with Crippen LogP contribution in [0.2, 0.25) is 9.18 Å². The van der Waals surface area contributed by atoms with Gasteiger partial charge in [-0.05, 0) is 0 Å². The van der Waals surface area contributed by atoms with E-state index in [2.05, 4.69) is 48.1 Å². The molecule has 0 heterocycles. The molecule has 2 heteroatoms. The quantitative estimate of drug-likeness (QED) is 0.368. The van der Waals surface area contributed by atoms with E-state index in [4.69, 9.17) is 0 Å². The molecule has 1 rings (SSSR count). The van der Waals surface area contributed by atoms with Gasteiger partial charge in [0.2, 0.25) is 0 Å². The SMILES string of the molecule is [Li][CH]1CC[CH]([Li])C(C=C)C1. The van der Waals surface area contributed by atoms with E-state index in [1.54, 1.807) is 0 Å². The van der Waals surface area contributed by atoms with Crippen LogP contribution in [0.4, 0.5) is 0 Å². The Bertz CT molecular complexity index is 122. The average molecular weight is 122 g/mol. The average Bonchev–Trinajstić information content (AvgIpc) is 1.94. The van der Waals surface area contributed by atoms with Crippen LogP contribution < -0.4 is 0 Å². The summed E-state index contributed by atoms with van der Waals surface area (Å²) in [6.07, 6.45) is 6.33. The van der Waals surface area contributed by atoms with Crippen molar-refractivity contribution in [2.75, 3.05) is 0 Å². The number of rotatable bonds is 1. The Labute approximate surface area is 82.2 Å². The molecular formula is C8H12Li2. The van der Waals surface area contributed by atoms with E-state index in [0.717, 1.165) is 15.1 Å². The topological polar surface area (TPSA) is 0 Å². The summed E-state index contributed by atoms with van der Waals surface area (Å²) in [7, 11) is 0. The molecular weight excluding hydrogens is 110 g/mol.